The number of fused-ring (bicyclic) bond motifs is 1. The van der Waals surface area contributed by atoms with E-state index < -0.39 is 0 Å². The molecule has 2 heteroatoms. The first-order chi connectivity index (χ1) is 8.93. The first kappa shape index (κ1) is 12.0. The van der Waals surface area contributed by atoms with Gasteiger partial charge in [-0.25, -0.2) is 0 Å². The first-order valence-electron chi connectivity index (χ1n) is 7.47. The van der Waals surface area contributed by atoms with E-state index in [9.17, 15) is 0 Å². The molecule has 0 aliphatic carbocycles. The Morgan fingerprint density at radius 2 is 2.11 bits per heavy atom. The zero-order chi connectivity index (χ0) is 12.2. The summed E-state index contributed by atoms with van der Waals surface area (Å²) in [6, 6.07) is 9.00. The van der Waals surface area contributed by atoms with Crippen LogP contribution in [0.1, 0.15) is 31.2 Å². The van der Waals surface area contributed by atoms with E-state index in [4.69, 9.17) is 0 Å². The lowest BCUT2D eigenvalue weighted by Crippen LogP contribution is -2.38. The largest absolute Gasteiger partial charge is 0.371 e. The Bertz CT molecular complexity index is 382. The van der Waals surface area contributed by atoms with Gasteiger partial charge in [0, 0.05) is 18.8 Å². The highest BCUT2D eigenvalue weighted by molar-refractivity contribution is 5.54. The Labute approximate surface area is 110 Å². The molecule has 2 nitrogen and oxygen atoms in total. The van der Waals surface area contributed by atoms with Crippen LogP contribution in [0.15, 0.2) is 24.3 Å². The smallest absolute Gasteiger partial charge is 0.0398 e. The van der Waals surface area contributed by atoms with E-state index in [1.54, 1.807) is 5.56 Å². The number of rotatable bonds is 2. The summed E-state index contributed by atoms with van der Waals surface area (Å²) in [5.74, 6) is 0.838. The third-order valence-corrected chi connectivity index (χ3v) is 4.33. The molecule has 2 heterocycles. The predicted octanol–water partition coefficient (Wildman–Crippen LogP) is 2.83. The monoisotopic (exact) mass is 244 g/mol. The molecule has 1 aromatic rings. The van der Waals surface area contributed by atoms with Crippen molar-refractivity contribution in [2.45, 2.75) is 32.1 Å². The molecule has 1 N–H and O–H groups in total. The van der Waals surface area contributed by atoms with Crippen LogP contribution < -0.4 is 10.2 Å². The lowest BCUT2D eigenvalue weighted by Gasteiger charge is -2.31. The molecule has 98 valence electrons. The highest BCUT2D eigenvalue weighted by atomic mass is 15.1. The number of aryl methyl sites for hydroxylation is 1. The molecule has 0 saturated carbocycles. The maximum atomic E-state index is 3.54. The predicted molar refractivity (Wildman–Crippen MR) is 77.2 cm³/mol. The van der Waals surface area contributed by atoms with Crippen molar-refractivity contribution < 1.29 is 0 Å². The van der Waals surface area contributed by atoms with Gasteiger partial charge in [-0.15, -0.1) is 0 Å². The van der Waals surface area contributed by atoms with Gasteiger partial charge in [0.25, 0.3) is 0 Å². The van der Waals surface area contributed by atoms with Crippen LogP contribution in [0.3, 0.4) is 0 Å². The van der Waals surface area contributed by atoms with Crippen LogP contribution in [0.5, 0.6) is 0 Å². The minimum absolute atomic E-state index is 0.838. The van der Waals surface area contributed by atoms with Gasteiger partial charge in [0.15, 0.2) is 0 Å². The quantitative estimate of drug-likeness (QED) is 0.860. The molecule has 18 heavy (non-hydrogen) atoms. The molecule has 0 spiro atoms. The number of hydrogen-bond donors (Lipinski definition) is 1. The summed E-state index contributed by atoms with van der Waals surface area (Å²) >= 11 is 0. The van der Waals surface area contributed by atoms with Gasteiger partial charge < -0.3 is 10.2 Å². The number of para-hydroxylation sites is 1. The summed E-state index contributed by atoms with van der Waals surface area (Å²) in [6.45, 7) is 4.91. The zero-order valence-electron chi connectivity index (χ0n) is 11.2. The van der Waals surface area contributed by atoms with E-state index >= 15 is 0 Å². The molecule has 2 aliphatic heterocycles. The minimum atomic E-state index is 0.838. The molecule has 0 radical (unpaired) electrons. The van der Waals surface area contributed by atoms with Crippen molar-refractivity contribution in [3.05, 3.63) is 29.8 Å². The van der Waals surface area contributed by atoms with E-state index in [1.807, 2.05) is 0 Å². The molecular weight excluding hydrogens is 220 g/mol. The normalized spacial score (nSPS) is 24.4. The minimum Gasteiger partial charge on any atom is -0.371 e. The summed E-state index contributed by atoms with van der Waals surface area (Å²) in [6.07, 6.45) is 6.69. The van der Waals surface area contributed by atoms with Gasteiger partial charge in [0.05, 0.1) is 0 Å². The molecule has 1 saturated heterocycles. The number of anilines is 1. The summed E-state index contributed by atoms with van der Waals surface area (Å²) in [7, 11) is 0. The van der Waals surface area contributed by atoms with Crippen LogP contribution in [0.25, 0.3) is 0 Å². The summed E-state index contributed by atoms with van der Waals surface area (Å²) in [5.41, 5.74) is 3.05. The zero-order valence-corrected chi connectivity index (χ0v) is 11.2. The van der Waals surface area contributed by atoms with Crippen molar-refractivity contribution in [3.63, 3.8) is 0 Å². The molecule has 0 aromatic heterocycles. The van der Waals surface area contributed by atoms with Crippen molar-refractivity contribution in [1.82, 2.24) is 5.32 Å². The summed E-state index contributed by atoms with van der Waals surface area (Å²) in [5, 5.41) is 3.54. The van der Waals surface area contributed by atoms with Crippen molar-refractivity contribution >= 4 is 5.69 Å². The van der Waals surface area contributed by atoms with Crippen molar-refractivity contribution in [1.29, 1.82) is 0 Å². The Balaban J connectivity index is 1.74. The van der Waals surface area contributed by atoms with Crippen LogP contribution in [0.2, 0.25) is 0 Å². The molecular formula is C16H24N2. The fourth-order valence-corrected chi connectivity index (χ4v) is 3.35. The standard InChI is InChI=1S/C16H24N2/c1-2-9-16-15(7-1)8-3-4-11-18(16)13-14-6-5-10-17-12-14/h1-2,7,9,14,17H,3-6,8,10-13H2. The molecule has 1 atom stereocenters. The summed E-state index contributed by atoms with van der Waals surface area (Å²) < 4.78 is 0. The maximum Gasteiger partial charge on any atom is 0.0398 e. The molecule has 0 amide bonds. The Morgan fingerprint density at radius 3 is 3.00 bits per heavy atom. The van der Waals surface area contributed by atoms with Gasteiger partial charge in [-0.3, -0.25) is 0 Å². The molecule has 2 aliphatic rings. The van der Waals surface area contributed by atoms with Crippen molar-refractivity contribution in [2.75, 3.05) is 31.1 Å². The van der Waals surface area contributed by atoms with Crippen LogP contribution in [0.4, 0.5) is 5.69 Å². The van der Waals surface area contributed by atoms with E-state index in [0.29, 0.717) is 0 Å². The van der Waals surface area contributed by atoms with Gasteiger partial charge in [0.2, 0.25) is 0 Å². The molecule has 1 fully saturated rings. The van der Waals surface area contributed by atoms with E-state index in [2.05, 4.69) is 34.5 Å². The fourth-order valence-electron chi connectivity index (χ4n) is 3.35. The SMILES string of the molecule is c1ccc2c(c1)CCCCN2CC1CCCNC1. The lowest BCUT2D eigenvalue weighted by atomic mass is 9.98. The topological polar surface area (TPSA) is 15.3 Å². The number of nitrogens with zero attached hydrogens (tertiary/aromatic N) is 1. The average Bonchev–Trinajstić information content (AvgIpc) is 2.63. The number of hydrogen-bond acceptors (Lipinski definition) is 2. The third kappa shape index (κ3) is 2.69. The maximum absolute atomic E-state index is 3.54. The highest BCUT2D eigenvalue weighted by Gasteiger charge is 2.20. The van der Waals surface area contributed by atoms with Gasteiger partial charge in [0.1, 0.15) is 0 Å². The van der Waals surface area contributed by atoms with E-state index in [1.165, 1.54) is 64.0 Å². The van der Waals surface area contributed by atoms with Crippen LogP contribution in [-0.4, -0.2) is 26.2 Å². The number of piperidine rings is 1. The van der Waals surface area contributed by atoms with Gasteiger partial charge >= 0.3 is 0 Å². The van der Waals surface area contributed by atoms with Gasteiger partial charge in [-0.2, -0.15) is 0 Å². The van der Waals surface area contributed by atoms with E-state index in [-0.39, 0.29) is 0 Å². The fraction of sp³-hybridized carbons (Fsp3) is 0.625. The Morgan fingerprint density at radius 1 is 1.17 bits per heavy atom. The Kier molecular flexibility index (Phi) is 3.84. The third-order valence-electron chi connectivity index (χ3n) is 4.33. The first-order valence-corrected chi connectivity index (χ1v) is 7.47. The van der Waals surface area contributed by atoms with Crippen LogP contribution >= 0.6 is 0 Å². The number of benzene rings is 1. The Hall–Kier alpha value is -1.02. The van der Waals surface area contributed by atoms with Gasteiger partial charge in [-0.1, -0.05) is 18.2 Å². The molecule has 1 unspecified atom stereocenters. The second kappa shape index (κ2) is 5.75. The number of nitrogens with one attached hydrogen (secondary N) is 1. The molecule has 3 rings (SSSR count). The van der Waals surface area contributed by atoms with Crippen LogP contribution in [-0.2, 0) is 6.42 Å². The van der Waals surface area contributed by atoms with E-state index in [0.717, 1.165) is 5.92 Å². The van der Waals surface area contributed by atoms with Gasteiger partial charge in [-0.05, 0) is 62.7 Å². The second-order valence-electron chi connectivity index (χ2n) is 5.74. The second-order valence-corrected chi connectivity index (χ2v) is 5.74. The highest BCUT2D eigenvalue weighted by Crippen LogP contribution is 2.27. The lowest BCUT2D eigenvalue weighted by molar-refractivity contribution is 0.376. The van der Waals surface area contributed by atoms with Crippen LogP contribution in [0, 0.1) is 5.92 Å². The molecule has 0 bridgehead atoms. The molecule has 1 aromatic carbocycles. The summed E-state index contributed by atoms with van der Waals surface area (Å²) in [4.78, 5) is 2.64. The van der Waals surface area contributed by atoms with Crippen molar-refractivity contribution in [2.24, 2.45) is 5.92 Å². The van der Waals surface area contributed by atoms with Crippen molar-refractivity contribution in [3.8, 4) is 0 Å². The average molecular weight is 244 g/mol.